The van der Waals surface area contributed by atoms with E-state index in [2.05, 4.69) is 15.6 Å². The molecule has 13 heteroatoms. The zero-order valence-electron chi connectivity index (χ0n) is 26.9. The number of carboxylic acid groups (broad SMARTS) is 1. The number of pyridine rings is 1. The van der Waals surface area contributed by atoms with E-state index in [0.29, 0.717) is 47.2 Å². The second-order valence-electron chi connectivity index (χ2n) is 11.7. The Morgan fingerprint density at radius 3 is 2.42 bits per heavy atom. The number of hydrogen-bond acceptors (Lipinski definition) is 7. The molecule has 6 rings (SSSR count). The highest BCUT2D eigenvalue weighted by molar-refractivity contribution is 5.91. The Kier molecular flexibility index (Phi) is 12.3. The summed E-state index contributed by atoms with van der Waals surface area (Å²) in [7, 11) is 0. The van der Waals surface area contributed by atoms with Gasteiger partial charge in [-0.05, 0) is 84.8 Å². The number of aliphatic hydroxyl groups excluding tert-OH is 1. The molecule has 0 aliphatic carbocycles. The third kappa shape index (κ3) is 8.43. The fraction of sp³-hybridized carbons (Fsp3) is 0.216. The van der Waals surface area contributed by atoms with Gasteiger partial charge < -0.3 is 30.0 Å². The number of rotatable bonds is 13. The first-order chi connectivity index (χ1) is 23.3. The third-order valence-corrected chi connectivity index (χ3v) is 8.43. The van der Waals surface area contributed by atoms with Crippen LogP contribution in [0.1, 0.15) is 35.6 Å². The topological polar surface area (TPSA) is 170 Å². The van der Waals surface area contributed by atoms with Gasteiger partial charge in [0.1, 0.15) is 5.75 Å². The van der Waals surface area contributed by atoms with E-state index >= 15 is 0 Å². The predicted molar refractivity (Wildman–Crippen MR) is 190 cm³/mol. The molecular weight excluding hydrogens is 650 g/mol. The van der Waals surface area contributed by atoms with Crippen molar-refractivity contribution < 1.29 is 33.9 Å². The maximum absolute atomic E-state index is 12.7. The molecule has 0 bridgehead atoms. The number of amides is 1. The monoisotopic (exact) mass is 688 g/mol. The van der Waals surface area contributed by atoms with Gasteiger partial charge in [0.2, 0.25) is 5.56 Å². The van der Waals surface area contributed by atoms with Crippen LogP contribution in [0.25, 0.3) is 33.1 Å². The van der Waals surface area contributed by atoms with Crippen molar-refractivity contribution in [2.24, 2.45) is 0 Å². The number of fused-ring (bicyclic) bond motifs is 2. The number of aliphatic hydroxyl groups is 1. The van der Waals surface area contributed by atoms with E-state index in [1.54, 1.807) is 16.7 Å². The van der Waals surface area contributed by atoms with E-state index in [4.69, 9.17) is 4.42 Å². The minimum absolute atomic E-state index is 0. The van der Waals surface area contributed by atoms with Gasteiger partial charge >= 0.3 is 11.8 Å². The van der Waals surface area contributed by atoms with Gasteiger partial charge in [0.05, 0.1) is 22.8 Å². The summed E-state index contributed by atoms with van der Waals surface area (Å²) in [4.78, 5) is 38.4. The minimum atomic E-state index is -1.12. The molecule has 0 saturated heterocycles. The standard InChI is InChI=1S/C37H36N4O7.2FH/c42-31-15-12-27(28-13-16-34(44)40-35(28)31)32(43)22-38-18-17-24-10-14-30-33(21-24)48-37(47)41(30)19-5-4-6-23-9-11-26(25-7-2-1-3-8-25)29(20-23)39-36(45)46;;/h1-3,7-16,20-21,32,38-39,42-43H,4-6,17-19,22H2,(H,40,44)(H,45,46);2*1H/t32-;;/m0../s1. The second kappa shape index (κ2) is 16.5. The van der Waals surface area contributed by atoms with Gasteiger partial charge in [-0.15, -0.1) is 0 Å². The van der Waals surface area contributed by atoms with Gasteiger partial charge in [0, 0.05) is 30.1 Å². The summed E-state index contributed by atoms with van der Waals surface area (Å²) in [6, 6.07) is 27.2. The Labute approximate surface area is 284 Å². The normalized spacial score (nSPS) is 11.5. The summed E-state index contributed by atoms with van der Waals surface area (Å²) in [5.74, 6) is -0.468. The molecule has 4 aromatic carbocycles. The number of aromatic nitrogens is 2. The molecule has 0 saturated carbocycles. The smallest absolute Gasteiger partial charge is 0.419 e. The van der Waals surface area contributed by atoms with Crippen LogP contribution in [0.4, 0.5) is 19.9 Å². The van der Waals surface area contributed by atoms with Crippen molar-refractivity contribution in [2.75, 3.05) is 18.4 Å². The number of unbranched alkanes of at least 4 members (excludes halogenated alkanes) is 1. The van der Waals surface area contributed by atoms with Gasteiger partial charge in [-0.3, -0.25) is 24.1 Å². The number of nitrogens with zero attached hydrogens (tertiary/aromatic N) is 1. The third-order valence-electron chi connectivity index (χ3n) is 8.43. The highest BCUT2D eigenvalue weighted by Crippen LogP contribution is 2.30. The zero-order valence-corrected chi connectivity index (χ0v) is 26.9. The molecule has 0 aliphatic rings. The Morgan fingerprint density at radius 2 is 1.64 bits per heavy atom. The van der Waals surface area contributed by atoms with Crippen LogP contribution in [0.2, 0.25) is 0 Å². The molecule has 0 spiro atoms. The van der Waals surface area contributed by atoms with Crippen LogP contribution in [-0.2, 0) is 19.4 Å². The van der Waals surface area contributed by atoms with Gasteiger partial charge in [0.15, 0.2) is 5.58 Å². The summed E-state index contributed by atoms with van der Waals surface area (Å²) in [5, 5.41) is 36.6. The lowest BCUT2D eigenvalue weighted by molar-refractivity contribution is 0.176. The number of H-pyrrole nitrogens is 1. The Morgan fingerprint density at radius 1 is 0.880 bits per heavy atom. The molecule has 1 atom stereocenters. The van der Waals surface area contributed by atoms with Crippen LogP contribution < -0.4 is 21.9 Å². The number of phenolic OH excluding ortho intramolecular Hbond substituents is 1. The van der Waals surface area contributed by atoms with Crippen molar-refractivity contribution in [3.8, 4) is 16.9 Å². The van der Waals surface area contributed by atoms with E-state index in [1.807, 2.05) is 66.7 Å². The van der Waals surface area contributed by atoms with Crippen molar-refractivity contribution in [2.45, 2.75) is 38.3 Å². The van der Waals surface area contributed by atoms with Crippen LogP contribution in [-0.4, -0.2) is 44.1 Å². The van der Waals surface area contributed by atoms with Crippen molar-refractivity contribution >= 4 is 33.8 Å². The van der Waals surface area contributed by atoms with Crippen LogP contribution in [0.15, 0.2) is 105 Å². The van der Waals surface area contributed by atoms with Crippen LogP contribution >= 0.6 is 0 Å². The quantitative estimate of drug-likeness (QED) is 0.0792. The number of aromatic hydroxyl groups is 1. The van der Waals surface area contributed by atoms with E-state index in [1.165, 1.54) is 12.1 Å². The number of benzene rings is 4. The van der Waals surface area contributed by atoms with Crippen molar-refractivity contribution in [3.63, 3.8) is 0 Å². The van der Waals surface area contributed by atoms with Crippen molar-refractivity contribution in [1.29, 1.82) is 0 Å². The minimum Gasteiger partial charge on any atom is -0.506 e. The average molecular weight is 689 g/mol. The predicted octanol–water partition coefficient (Wildman–Crippen LogP) is 6.09. The SMILES string of the molecule is F.F.O=C(O)Nc1cc(CCCCn2c(=O)oc3cc(CCNC[C@H](O)c4ccc(O)c5[nH]c(=O)ccc45)ccc32)ccc1-c1ccccc1. The first kappa shape index (κ1) is 37.0. The molecule has 6 N–H and O–H groups in total. The number of phenols is 1. The van der Waals surface area contributed by atoms with Gasteiger partial charge in [-0.25, -0.2) is 9.59 Å². The van der Waals surface area contributed by atoms with Gasteiger partial charge in [-0.2, -0.15) is 0 Å². The number of oxazole rings is 1. The maximum atomic E-state index is 12.7. The summed E-state index contributed by atoms with van der Waals surface area (Å²) in [6.45, 7) is 1.32. The van der Waals surface area contributed by atoms with Crippen LogP contribution in [0, 0.1) is 0 Å². The molecule has 0 radical (unpaired) electrons. The average Bonchev–Trinajstić information content (AvgIpc) is 3.39. The van der Waals surface area contributed by atoms with E-state index in [9.17, 15) is 29.7 Å². The van der Waals surface area contributed by atoms with Gasteiger partial charge in [0.25, 0.3) is 0 Å². The molecule has 262 valence electrons. The summed E-state index contributed by atoms with van der Waals surface area (Å²) < 4.78 is 7.20. The lowest BCUT2D eigenvalue weighted by Crippen LogP contribution is -2.24. The molecule has 2 heterocycles. The highest BCUT2D eigenvalue weighted by atomic mass is 19.0. The number of hydrogen-bond donors (Lipinski definition) is 6. The number of anilines is 1. The summed E-state index contributed by atoms with van der Waals surface area (Å²) in [6.07, 6.45) is 0.922. The fourth-order valence-corrected chi connectivity index (χ4v) is 6.04. The Bertz CT molecular complexity index is 2200. The number of aromatic amines is 1. The maximum Gasteiger partial charge on any atom is 0.419 e. The Hall–Kier alpha value is -5.79. The first-order valence-corrected chi connectivity index (χ1v) is 15.8. The van der Waals surface area contributed by atoms with E-state index in [-0.39, 0.29) is 27.3 Å². The van der Waals surface area contributed by atoms with E-state index in [0.717, 1.165) is 47.0 Å². The number of nitrogens with one attached hydrogen (secondary N) is 3. The number of carbonyl (C=O) groups is 1. The highest BCUT2D eigenvalue weighted by Gasteiger charge is 2.15. The van der Waals surface area contributed by atoms with E-state index < -0.39 is 18.0 Å². The van der Waals surface area contributed by atoms with Crippen LogP contribution in [0.5, 0.6) is 5.75 Å². The lowest BCUT2D eigenvalue weighted by Gasteiger charge is -2.15. The second-order valence-corrected chi connectivity index (χ2v) is 11.7. The summed E-state index contributed by atoms with van der Waals surface area (Å²) in [5.41, 5.74) is 6.05. The molecule has 2 aromatic heterocycles. The fourth-order valence-electron chi connectivity index (χ4n) is 6.04. The summed E-state index contributed by atoms with van der Waals surface area (Å²) >= 11 is 0. The number of aryl methyl sites for hydroxylation is 2. The first-order valence-electron chi connectivity index (χ1n) is 15.8. The van der Waals surface area contributed by atoms with Crippen molar-refractivity contribution in [3.05, 3.63) is 129 Å². The molecule has 6 aromatic rings. The molecular formula is C37H38F2N4O7. The lowest BCUT2D eigenvalue weighted by atomic mass is 9.99. The van der Waals surface area contributed by atoms with Gasteiger partial charge in [-0.1, -0.05) is 54.6 Å². The molecule has 11 nitrogen and oxygen atoms in total. The van der Waals surface area contributed by atoms with Crippen molar-refractivity contribution in [1.82, 2.24) is 14.9 Å². The molecule has 50 heavy (non-hydrogen) atoms. The molecule has 0 fully saturated rings. The number of halogens is 2. The molecule has 0 unspecified atom stereocenters. The molecule has 1 amide bonds. The zero-order chi connectivity index (χ0) is 33.6. The molecule has 0 aliphatic heterocycles. The largest absolute Gasteiger partial charge is 0.506 e. The van der Waals surface area contributed by atoms with Crippen LogP contribution in [0.3, 0.4) is 0 Å². The Balaban J connectivity index is 0.00000281.